The van der Waals surface area contributed by atoms with Gasteiger partial charge < -0.3 is 15.3 Å². The Kier molecular flexibility index (Phi) is 4.52. The Labute approximate surface area is 120 Å². The molecule has 1 aliphatic carbocycles. The van der Waals surface area contributed by atoms with E-state index in [0.29, 0.717) is 6.42 Å². The zero-order valence-electron chi connectivity index (χ0n) is 12.4. The fraction of sp³-hybridized carbons (Fsp3) is 0.857. The Bertz CT molecular complexity index is 376. The number of hydrogen-bond donors (Lipinski definition) is 2. The number of nitrogens with one attached hydrogen (secondary N) is 1. The topological polar surface area (TPSA) is 72.9 Å². The quantitative estimate of drug-likeness (QED) is 0.789. The van der Waals surface area contributed by atoms with Crippen molar-refractivity contribution in [2.24, 2.45) is 5.41 Å². The number of rotatable bonds is 5. The standard InChI is InChI=1S/C14H25N3O3/c1-3-14(2,12(18)19)10-15-13(20)17-8-6-16(7-9-17)11-4-5-11/h11H,3-10H2,1-2H3,(H,15,20)(H,18,19). The highest BCUT2D eigenvalue weighted by molar-refractivity contribution is 5.78. The van der Waals surface area contributed by atoms with Gasteiger partial charge in [0.2, 0.25) is 0 Å². The van der Waals surface area contributed by atoms with E-state index in [1.807, 2.05) is 6.92 Å². The molecule has 2 rings (SSSR count). The lowest BCUT2D eigenvalue weighted by atomic mass is 9.88. The maximum Gasteiger partial charge on any atom is 0.317 e. The summed E-state index contributed by atoms with van der Waals surface area (Å²) in [5.74, 6) is -0.862. The SMILES string of the molecule is CCC(C)(CNC(=O)N1CCN(C2CC2)CC1)C(=O)O. The minimum atomic E-state index is -0.883. The molecule has 0 spiro atoms. The molecule has 0 aromatic carbocycles. The van der Waals surface area contributed by atoms with Crippen molar-refractivity contribution in [3.05, 3.63) is 0 Å². The van der Waals surface area contributed by atoms with Gasteiger partial charge >= 0.3 is 12.0 Å². The van der Waals surface area contributed by atoms with Crippen molar-refractivity contribution in [2.75, 3.05) is 32.7 Å². The van der Waals surface area contributed by atoms with Crippen LogP contribution in [0.1, 0.15) is 33.1 Å². The summed E-state index contributed by atoms with van der Waals surface area (Å²) in [6.45, 7) is 7.01. The van der Waals surface area contributed by atoms with Crippen LogP contribution in [0.4, 0.5) is 4.79 Å². The van der Waals surface area contributed by atoms with Crippen molar-refractivity contribution in [1.29, 1.82) is 0 Å². The molecule has 114 valence electrons. The second-order valence-corrected chi connectivity index (χ2v) is 6.13. The molecule has 1 saturated carbocycles. The number of amides is 2. The van der Waals surface area contributed by atoms with Crippen LogP contribution in [0.3, 0.4) is 0 Å². The van der Waals surface area contributed by atoms with Gasteiger partial charge in [-0.05, 0) is 26.2 Å². The van der Waals surface area contributed by atoms with E-state index in [0.717, 1.165) is 32.2 Å². The summed E-state index contributed by atoms with van der Waals surface area (Å²) in [5, 5.41) is 12.0. The van der Waals surface area contributed by atoms with Crippen LogP contribution < -0.4 is 5.32 Å². The van der Waals surface area contributed by atoms with Crippen LogP contribution in [-0.4, -0.2) is 65.7 Å². The van der Waals surface area contributed by atoms with Gasteiger partial charge in [-0.2, -0.15) is 0 Å². The summed E-state index contributed by atoms with van der Waals surface area (Å²) in [5.41, 5.74) is -0.883. The van der Waals surface area contributed by atoms with Gasteiger partial charge in [0.1, 0.15) is 0 Å². The molecule has 1 atom stereocenters. The molecule has 2 aliphatic rings. The van der Waals surface area contributed by atoms with Crippen molar-refractivity contribution in [3.8, 4) is 0 Å². The van der Waals surface area contributed by atoms with Crippen molar-refractivity contribution in [2.45, 2.75) is 39.2 Å². The third kappa shape index (κ3) is 3.42. The maximum absolute atomic E-state index is 12.1. The number of urea groups is 1. The predicted octanol–water partition coefficient (Wildman–Crippen LogP) is 0.977. The van der Waals surface area contributed by atoms with E-state index in [4.69, 9.17) is 0 Å². The van der Waals surface area contributed by atoms with E-state index >= 15 is 0 Å². The lowest BCUT2D eigenvalue weighted by molar-refractivity contribution is -0.147. The summed E-state index contributed by atoms with van der Waals surface area (Å²) < 4.78 is 0. The van der Waals surface area contributed by atoms with Crippen molar-refractivity contribution in [1.82, 2.24) is 15.1 Å². The smallest absolute Gasteiger partial charge is 0.317 e. The summed E-state index contributed by atoms with van der Waals surface area (Å²) in [6.07, 6.45) is 3.08. The largest absolute Gasteiger partial charge is 0.481 e. The van der Waals surface area contributed by atoms with Gasteiger partial charge in [-0.25, -0.2) is 4.79 Å². The molecule has 2 amide bonds. The van der Waals surface area contributed by atoms with E-state index in [-0.39, 0.29) is 12.6 Å². The van der Waals surface area contributed by atoms with E-state index in [1.165, 1.54) is 12.8 Å². The third-order valence-electron chi connectivity index (χ3n) is 4.59. The van der Waals surface area contributed by atoms with Gasteiger partial charge in [0.25, 0.3) is 0 Å². The summed E-state index contributed by atoms with van der Waals surface area (Å²) >= 11 is 0. The molecule has 1 unspecified atom stereocenters. The fourth-order valence-electron chi connectivity index (χ4n) is 2.46. The van der Waals surface area contributed by atoms with Crippen molar-refractivity contribution >= 4 is 12.0 Å². The zero-order chi connectivity index (χ0) is 14.8. The van der Waals surface area contributed by atoms with Crippen LogP contribution in [0.15, 0.2) is 0 Å². The molecule has 0 bridgehead atoms. The first-order chi connectivity index (χ1) is 9.46. The monoisotopic (exact) mass is 283 g/mol. The van der Waals surface area contributed by atoms with Crippen LogP contribution in [0.5, 0.6) is 0 Å². The number of carboxylic acids is 1. The number of carbonyl (C=O) groups excluding carboxylic acids is 1. The van der Waals surface area contributed by atoms with E-state index < -0.39 is 11.4 Å². The minimum Gasteiger partial charge on any atom is -0.481 e. The molecular weight excluding hydrogens is 258 g/mol. The molecule has 1 aliphatic heterocycles. The van der Waals surface area contributed by atoms with Crippen LogP contribution in [0, 0.1) is 5.41 Å². The molecule has 6 nitrogen and oxygen atoms in total. The molecular formula is C14H25N3O3. The normalized spacial score (nSPS) is 23.2. The molecule has 0 aromatic heterocycles. The van der Waals surface area contributed by atoms with Gasteiger partial charge in [-0.3, -0.25) is 9.69 Å². The van der Waals surface area contributed by atoms with Crippen LogP contribution in [0.25, 0.3) is 0 Å². The maximum atomic E-state index is 12.1. The zero-order valence-corrected chi connectivity index (χ0v) is 12.4. The average Bonchev–Trinajstić information content (AvgIpc) is 3.29. The van der Waals surface area contributed by atoms with E-state index in [9.17, 15) is 14.7 Å². The fourth-order valence-corrected chi connectivity index (χ4v) is 2.46. The van der Waals surface area contributed by atoms with Crippen molar-refractivity contribution in [3.63, 3.8) is 0 Å². The Morgan fingerprint density at radius 2 is 1.85 bits per heavy atom. The van der Waals surface area contributed by atoms with Gasteiger partial charge in [-0.1, -0.05) is 6.92 Å². The van der Waals surface area contributed by atoms with Gasteiger partial charge in [0.15, 0.2) is 0 Å². The number of carbonyl (C=O) groups is 2. The van der Waals surface area contributed by atoms with E-state index in [1.54, 1.807) is 11.8 Å². The summed E-state index contributed by atoms with van der Waals surface area (Å²) in [6, 6.07) is 0.608. The van der Waals surface area contributed by atoms with Crippen LogP contribution in [0.2, 0.25) is 0 Å². The molecule has 0 aromatic rings. The molecule has 6 heteroatoms. The number of nitrogens with zero attached hydrogens (tertiary/aromatic N) is 2. The Morgan fingerprint density at radius 3 is 2.30 bits per heavy atom. The third-order valence-corrected chi connectivity index (χ3v) is 4.59. The molecule has 1 heterocycles. The van der Waals surface area contributed by atoms with Gasteiger partial charge in [0, 0.05) is 38.8 Å². The highest BCUT2D eigenvalue weighted by atomic mass is 16.4. The minimum absolute atomic E-state index is 0.138. The first-order valence-corrected chi connectivity index (χ1v) is 7.46. The Hall–Kier alpha value is -1.30. The highest BCUT2D eigenvalue weighted by Crippen LogP contribution is 2.27. The molecule has 1 saturated heterocycles. The highest BCUT2D eigenvalue weighted by Gasteiger charge is 2.34. The average molecular weight is 283 g/mol. The summed E-state index contributed by atoms with van der Waals surface area (Å²) in [7, 11) is 0. The van der Waals surface area contributed by atoms with Crippen LogP contribution >= 0.6 is 0 Å². The molecule has 20 heavy (non-hydrogen) atoms. The number of piperazine rings is 1. The lowest BCUT2D eigenvalue weighted by Gasteiger charge is -2.35. The lowest BCUT2D eigenvalue weighted by Crippen LogP contribution is -2.53. The van der Waals surface area contributed by atoms with Crippen molar-refractivity contribution < 1.29 is 14.7 Å². The molecule has 0 radical (unpaired) electrons. The van der Waals surface area contributed by atoms with Crippen LogP contribution in [-0.2, 0) is 4.79 Å². The summed E-state index contributed by atoms with van der Waals surface area (Å²) in [4.78, 5) is 27.5. The Morgan fingerprint density at radius 1 is 1.25 bits per heavy atom. The predicted molar refractivity (Wildman–Crippen MR) is 75.6 cm³/mol. The first kappa shape index (κ1) is 15.1. The van der Waals surface area contributed by atoms with E-state index in [2.05, 4.69) is 10.2 Å². The first-order valence-electron chi connectivity index (χ1n) is 7.46. The molecule has 2 fully saturated rings. The molecule has 2 N–H and O–H groups in total. The van der Waals surface area contributed by atoms with Gasteiger partial charge in [-0.15, -0.1) is 0 Å². The number of hydrogen-bond acceptors (Lipinski definition) is 3. The second kappa shape index (κ2) is 5.99. The van der Waals surface area contributed by atoms with Gasteiger partial charge in [0.05, 0.1) is 5.41 Å². The Balaban J connectivity index is 1.76. The number of carboxylic acid groups (broad SMARTS) is 1. The number of aliphatic carboxylic acids is 1. The second-order valence-electron chi connectivity index (χ2n) is 6.13.